The molecule has 0 saturated carbocycles. The second-order valence-corrected chi connectivity index (χ2v) is 121. The molecule has 0 nitrogen and oxygen atoms in total. The minimum absolute atomic E-state index is 0.00772. The van der Waals surface area contributed by atoms with E-state index in [1.807, 2.05) is 6.92 Å². The van der Waals surface area contributed by atoms with Crippen molar-refractivity contribution in [3.63, 3.8) is 0 Å². The third-order valence-electron chi connectivity index (χ3n) is 11.1. The minimum Gasteiger partial charge on any atom is -0.146 e. The first kappa shape index (κ1) is 74.1. The van der Waals surface area contributed by atoms with Crippen molar-refractivity contribution in [2.45, 2.75) is 152 Å². The molecule has 0 spiro atoms. The summed E-state index contributed by atoms with van der Waals surface area (Å²) in [7, 11) is 5.57. The molecule has 8 atom stereocenters. The number of hydrogen-bond acceptors (Lipinski definition) is 0. The van der Waals surface area contributed by atoms with Gasteiger partial charge in [0.15, 0.2) is 0 Å². The van der Waals surface area contributed by atoms with Gasteiger partial charge in [-0.2, -0.15) is 0 Å². The van der Waals surface area contributed by atoms with E-state index in [0.29, 0.717) is 42.4 Å². The van der Waals surface area contributed by atoms with Crippen LogP contribution >= 0.6 is 177 Å². The van der Waals surface area contributed by atoms with Gasteiger partial charge in [0, 0.05) is 88.2 Å². The molecule has 8 unspecified atom stereocenters. The zero-order chi connectivity index (χ0) is 48.0. The second kappa shape index (κ2) is 36.5. The Balaban J connectivity index is -0.000000378. The number of hydrogen-bond donors (Lipinski definition) is 0. The Kier molecular flexibility index (Phi) is 45.8. The van der Waals surface area contributed by atoms with E-state index < -0.39 is 53.3 Å². The van der Waals surface area contributed by atoms with Gasteiger partial charge in [-0.1, -0.05) is 104 Å². The average Bonchev–Trinajstić information content (AvgIpc) is 3.04. The Labute approximate surface area is 470 Å². The van der Waals surface area contributed by atoms with Gasteiger partial charge in [0.2, 0.25) is 13.4 Å². The molecule has 0 aromatic rings. The molecule has 362 valence electrons. The smallest absolute Gasteiger partial charge is 0.146 e. The van der Waals surface area contributed by atoms with Crippen molar-refractivity contribution >= 4 is 325 Å². The van der Waals surface area contributed by atoms with Crippen molar-refractivity contribution < 1.29 is 0 Å². The second-order valence-electron chi connectivity index (χ2n) is 17.4. The van der Waals surface area contributed by atoms with E-state index in [1.54, 1.807) is 64.5 Å². The van der Waals surface area contributed by atoms with Crippen LogP contribution < -0.4 is 0 Å². The highest BCUT2D eigenvalue weighted by molar-refractivity contribution is 8.02. The van der Waals surface area contributed by atoms with Crippen LogP contribution in [0, 0.1) is 0 Å². The molecule has 0 aliphatic carbocycles. The molecule has 0 aliphatic heterocycles. The summed E-state index contributed by atoms with van der Waals surface area (Å²) in [4.78, 5) is 1.38. The summed E-state index contributed by atoms with van der Waals surface area (Å²) in [6.45, 7) is 13.1. The number of halogens is 16. The van der Waals surface area contributed by atoms with E-state index in [4.69, 9.17) is 177 Å². The normalized spacial score (nSPS) is 18.0. The van der Waals surface area contributed by atoms with E-state index in [9.17, 15) is 0 Å². The molecule has 0 amide bonds. The maximum absolute atomic E-state index is 6.66. The molecule has 59 heavy (non-hydrogen) atoms. The first-order chi connectivity index (χ1) is 26.2. The highest BCUT2D eigenvalue weighted by atomic mass is 35.9. The molecular weight excluding hydrogens is 1370 g/mol. The molecule has 0 bridgehead atoms. The fourth-order valence-corrected chi connectivity index (χ4v) is 98.9. The fourth-order valence-electron chi connectivity index (χ4n) is 6.64. The van der Waals surface area contributed by atoms with Crippen molar-refractivity contribution in [3.05, 3.63) is 0 Å². The van der Waals surface area contributed by atoms with Gasteiger partial charge in [0.1, 0.15) is 0 Å². The summed E-state index contributed by atoms with van der Waals surface area (Å²) in [6.07, 6.45) is -2.50. The van der Waals surface area contributed by atoms with Gasteiger partial charge >= 0.3 is 11.5 Å². The SMILES string of the molecule is CC[Si](Cl)(Cl)[Si](Cl)(Cl)Cl.C[SiH2]C[SiH](C)CC(C[SiH](C)C[SiH3])[SiH](C)C([SiH3])[SiH](C)C[SiH3].C[SiH2][SiH](C)CC[SiH3].C[Si](Cl)(Cl)CC(C[Si](Cl)(Cl)C[Si](Cl)(Cl)Cl)[Si](Cl)(Cl)C[Si](C)(Cl)Cl. The Hall–Kier alpha value is 8.54. The lowest BCUT2D eigenvalue weighted by Gasteiger charge is -2.35. The van der Waals surface area contributed by atoms with Gasteiger partial charge in [-0.15, -0.1) is 177 Å². The third-order valence-corrected chi connectivity index (χ3v) is 111. The molecule has 0 radical (unpaired) electrons. The summed E-state index contributed by atoms with van der Waals surface area (Å²) in [6, 6.07) is 5.23. The molecule has 0 aromatic carbocycles. The van der Waals surface area contributed by atoms with Crippen molar-refractivity contribution in [2.24, 2.45) is 0 Å². The molecular formula is C25H78Cl16Si18. The van der Waals surface area contributed by atoms with Crippen molar-refractivity contribution in [2.75, 3.05) is 0 Å². The Bertz CT molecular complexity index is 1050. The molecule has 0 aromatic heterocycles. The lowest BCUT2D eigenvalue weighted by Crippen LogP contribution is -2.41. The summed E-state index contributed by atoms with van der Waals surface area (Å²) in [5.74, 6) is 0. The summed E-state index contributed by atoms with van der Waals surface area (Å²) in [5, 5.41) is 0. The van der Waals surface area contributed by atoms with Crippen molar-refractivity contribution in [1.29, 1.82) is 0 Å². The maximum Gasteiger partial charge on any atom is 0.358 e. The van der Waals surface area contributed by atoms with Crippen LogP contribution in [-0.4, -0.2) is 148 Å². The Morgan fingerprint density at radius 1 is 0.644 bits per heavy atom. The van der Waals surface area contributed by atoms with Gasteiger partial charge in [0.25, 0.3) is 19.6 Å². The quantitative estimate of drug-likeness (QED) is 0.0631. The maximum atomic E-state index is 6.66. The van der Waals surface area contributed by atoms with Crippen molar-refractivity contribution in [3.8, 4) is 0 Å². The molecule has 0 fully saturated rings. The van der Waals surface area contributed by atoms with E-state index in [1.165, 1.54) is 41.1 Å². The van der Waals surface area contributed by atoms with Crippen LogP contribution in [0.2, 0.25) is 145 Å². The molecule has 0 saturated heterocycles. The van der Waals surface area contributed by atoms with Crippen LogP contribution in [0.15, 0.2) is 0 Å². The standard InChI is InChI=1S/C12H42Si8.C7H15Cl11Si5.C4H16Si3.C2H5Cl5Si2/c1-16-10-18(3)7-11(6-17(2)8-13)20(5)12(15)19(4)9-14;1-19(8,9)3-7(22(14,15)5-20(2,10)11)4-21(12,13)6-23(16,17)18;1-6-7(2)4-3-5;1-2-8(3,4)9(5,6)7/h11-12,17-20H,6-10,16H2,1-5,13-15H3;7H,3-6H2,1-2H3;7H,3-4,6H2,1-2,5H3;2H2,1H3. The summed E-state index contributed by atoms with van der Waals surface area (Å²) >= 11 is 97.5. The van der Waals surface area contributed by atoms with Crippen LogP contribution in [0.25, 0.3) is 0 Å². The third kappa shape index (κ3) is 42.7. The zero-order valence-corrected chi connectivity index (χ0v) is 73.8. The summed E-state index contributed by atoms with van der Waals surface area (Å²) in [5.41, 5.74) is 3.97. The van der Waals surface area contributed by atoms with Gasteiger partial charge in [-0.25, -0.2) is 0 Å². The summed E-state index contributed by atoms with van der Waals surface area (Å²) < 4.78 is 0. The van der Waals surface area contributed by atoms with Gasteiger partial charge in [0.05, 0.1) is 0 Å². The van der Waals surface area contributed by atoms with Crippen LogP contribution in [0.5, 0.6) is 0 Å². The molecule has 0 aliphatic rings. The lowest BCUT2D eigenvalue weighted by atomic mass is 10.5. The molecule has 0 N–H and O–H groups in total. The predicted molar refractivity (Wildman–Crippen MR) is 354 cm³/mol. The lowest BCUT2D eigenvalue weighted by molar-refractivity contribution is 0.988. The number of rotatable bonds is 25. The Morgan fingerprint density at radius 3 is 1.41 bits per heavy atom. The van der Waals surface area contributed by atoms with Crippen LogP contribution in [0.4, 0.5) is 0 Å². The zero-order valence-electron chi connectivity index (χ0n) is 38.1. The van der Waals surface area contributed by atoms with Crippen molar-refractivity contribution in [1.82, 2.24) is 0 Å². The topological polar surface area (TPSA) is 0 Å². The first-order valence-electron chi connectivity index (χ1n) is 21.2. The Morgan fingerprint density at radius 2 is 1.12 bits per heavy atom. The molecule has 0 rings (SSSR count). The van der Waals surface area contributed by atoms with Gasteiger partial charge < -0.3 is 0 Å². The van der Waals surface area contributed by atoms with Gasteiger partial charge in [-0.05, 0) is 62.9 Å². The fraction of sp³-hybridized carbons (Fsp3) is 1.00. The van der Waals surface area contributed by atoms with E-state index >= 15 is 0 Å². The minimum atomic E-state index is -2.98. The predicted octanol–water partition coefficient (Wildman–Crippen LogP) is 10.9. The van der Waals surface area contributed by atoms with Crippen LogP contribution in [-0.2, 0) is 0 Å². The molecule has 0 heterocycles. The van der Waals surface area contributed by atoms with E-state index in [2.05, 4.69) is 45.8 Å². The molecule has 34 heteroatoms. The highest BCUT2D eigenvalue weighted by Crippen LogP contribution is 2.51. The van der Waals surface area contributed by atoms with Gasteiger partial charge in [-0.3, -0.25) is 0 Å². The van der Waals surface area contributed by atoms with Crippen LogP contribution in [0.3, 0.4) is 0 Å². The van der Waals surface area contributed by atoms with E-state index in [-0.39, 0.29) is 45.9 Å². The first-order valence-corrected chi connectivity index (χ1v) is 80.1. The highest BCUT2D eigenvalue weighted by Gasteiger charge is 2.53. The average molecular weight is 1450 g/mol. The van der Waals surface area contributed by atoms with Crippen LogP contribution in [0.1, 0.15) is 6.92 Å². The van der Waals surface area contributed by atoms with E-state index in [0.717, 1.165) is 0 Å². The monoisotopic (exact) mass is 1440 g/mol. The largest absolute Gasteiger partial charge is 0.358 e.